The highest BCUT2D eigenvalue weighted by Crippen LogP contribution is 2.43. The van der Waals surface area contributed by atoms with Crippen molar-refractivity contribution in [2.75, 3.05) is 52.6 Å². The van der Waals surface area contributed by atoms with Crippen molar-refractivity contribution < 1.29 is 33.6 Å². The van der Waals surface area contributed by atoms with Crippen LogP contribution >= 0.6 is 0 Å². The van der Waals surface area contributed by atoms with Gasteiger partial charge in [-0.1, -0.05) is 39.7 Å². The Kier molecular flexibility index (Phi) is 10.5. The smallest absolute Gasteiger partial charge is 0.295 e. The van der Waals surface area contributed by atoms with E-state index in [2.05, 4.69) is 25.7 Å². The molecule has 0 aromatic heterocycles. The van der Waals surface area contributed by atoms with Gasteiger partial charge in [-0.2, -0.15) is 0 Å². The molecule has 0 spiro atoms. The molecule has 1 unspecified atom stereocenters. The summed E-state index contributed by atoms with van der Waals surface area (Å²) in [5.74, 6) is 0.580. The molecule has 2 aromatic carbocycles. The second kappa shape index (κ2) is 14.3. The third-order valence-corrected chi connectivity index (χ3v) is 7.50. The number of ether oxygens (including phenoxy) is 4. The number of ketones is 1. The molecule has 1 N–H and O–H groups in total. The topological polar surface area (TPSA) is 97.8 Å². The van der Waals surface area contributed by atoms with Gasteiger partial charge in [0, 0.05) is 18.7 Å². The van der Waals surface area contributed by atoms with E-state index >= 15 is 0 Å². The third kappa shape index (κ3) is 6.78. The molecule has 1 fully saturated rings. The van der Waals surface area contributed by atoms with Crippen LogP contribution in [0.5, 0.6) is 23.0 Å². The van der Waals surface area contributed by atoms with Crippen molar-refractivity contribution in [3.8, 4) is 23.0 Å². The number of hydrogen-bond donors (Lipinski definition) is 1. The number of rotatable bonds is 14. The molecule has 9 heteroatoms. The maximum atomic E-state index is 13.5. The van der Waals surface area contributed by atoms with Crippen LogP contribution in [0, 0.1) is 0 Å². The molecule has 4 rings (SSSR count). The number of carbonyl (C=O) groups excluding carboxylic acids is 2. The Labute approximate surface area is 242 Å². The average Bonchev–Trinajstić information content (AvgIpc) is 3.25. The molecule has 0 saturated carbocycles. The number of fused-ring (bicyclic) bond motifs is 1. The van der Waals surface area contributed by atoms with E-state index in [0.717, 1.165) is 32.4 Å². The normalized spacial score (nSPS) is 17.8. The highest BCUT2D eigenvalue weighted by atomic mass is 16.6. The van der Waals surface area contributed by atoms with Gasteiger partial charge in [-0.3, -0.25) is 9.59 Å². The van der Waals surface area contributed by atoms with Crippen LogP contribution < -0.4 is 18.9 Å². The number of amides is 1. The zero-order valence-corrected chi connectivity index (χ0v) is 24.6. The molecule has 0 aliphatic carbocycles. The maximum absolute atomic E-state index is 13.5. The lowest BCUT2D eigenvalue weighted by atomic mass is 9.94. The summed E-state index contributed by atoms with van der Waals surface area (Å²) in [7, 11) is 0. The van der Waals surface area contributed by atoms with Gasteiger partial charge in [-0.15, -0.1) is 0 Å². The van der Waals surface area contributed by atoms with Gasteiger partial charge in [-0.25, -0.2) is 0 Å². The Hall–Kier alpha value is -3.72. The predicted octanol–water partition coefficient (Wildman–Crippen LogP) is 5.19. The van der Waals surface area contributed by atoms with E-state index in [4.69, 9.17) is 18.9 Å². The Bertz CT molecular complexity index is 1250. The second-order valence-electron chi connectivity index (χ2n) is 10.1. The van der Waals surface area contributed by atoms with Gasteiger partial charge in [0.15, 0.2) is 23.0 Å². The van der Waals surface area contributed by atoms with Gasteiger partial charge in [0.05, 0.1) is 24.8 Å². The van der Waals surface area contributed by atoms with Crippen molar-refractivity contribution in [3.63, 3.8) is 0 Å². The number of likely N-dealkylation sites (N-methyl/N-ethyl adjacent to an activating group) is 1. The number of aliphatic hydroxyl groups excluding tert-OH is 1. The molecule has 2 aliphatic heterocycles. The summed E-state index contributed by atoms with van der Waals surface area (Å²) >= 11 is 0. The first-order valence-corrected chi connectivity index (χ1v) is 14.7. The first-order valence-electron chi connectivity index (χ1n) is 14.7. The monoisotopic (exact) mass is 566 g/mol. The standard InChI is InChI=1S/C32H42N2O7/c1-5-9-10-17-39-24-13-11-22(20-26(24)38-8-4)29-28(31(36)32(37)34(29)16-15-33(6-2)7-3)30(35)23-12-14-25-27(21-23)41-19-18-40-25/h11-14,20-21,29,35H,5-10,15-19H2,1-4H3/b30-28-. The molecule has 0 radical (unpaired) electrons. The summed E-state index contributed by atoms with van der Waals surface area (Å²) in [6.07, 6.45) is 3.10. The first kappa shape index (κ1) is 30.2. The van der Waals surface area contributed by atoms with Crippen molar-refractivity contribution in [1.29, 1.82) is 0 Å². The summed E-state index contributed by atoms with van der Waals surface area (Å²) in [5, 5.41) is 11.5. The van der Waals surface area contributed by atoms with Crippen LogP contribution in [-0.2, 0) is 9.59 Å². The lowest BCUT2D eigenvalue weighted by molar-refractivity contribution is -0.140. The summed E-state index contributed by atoms with van der Waals surface area (Å²) in [6, 6.07) is 9.69. The van der Waals surface area contributed by atoms with E-state index in [1.54, 1.807) is 23.1 Å². The molecular formula is C32H42N2O7. The molecule has 9 nitrogen and oxygen atoms in total. The Balaban J connectivity index is 1.77. The number of nitrogens with zero attached hydrogens (tertiary/aromatic N) is 2. The van der Waals surface area contributed by atoms with Crippen LogP contribution in [0.1, 0.15) is 64.1 Å². The highest BCUT2D eigenvalue weighted by molar-refractivity contribution is 6.46. The number of likely N-dealkylation sites (tertiary alicyclic amines) is 1. The second-order valence-corrected chi connectivity index (χ2v) is 10.1. The SMILES string of the molecule is CCCCCOc1ccc(C2/C(=C(/O)c3ccc4c(c3)OCCO4)C(=O)C(=O)N2CCN(CC)CC)cc1OCC. The molecule has 1 atom stereocenters. The van der Waals surface area contributed by atoms with E-state index in [9.17, 15) is 14.7 Å². The minimum absolute atomic E-state index is 0.0327. The molecule has 41 heavy (non-hydrogen) atoms. The first-order chi connectivity index (χ1) is 19.9. The molecule has 0 bridgehead atoms. The summed E-state index contributed by atoms with van der Waals surface area (Å²) < 4.78 is 23.2. The summed E-state index contributed by atoms with van der Waals surface area (Å²) in [5.41, 5.74) is 1.07. The lowest BCUT2D eigenvalue weighted by Gasteiger charge is -2.28. The number of unbranched alkanes of at least 4 members (excludes halogenated alkanes) is 2. The lowest BCUT2D eigenvalue weighted by Crippen LogP contribution is -2.38. The van der Waals surface area contributed by atoms with Gasteiger partial charge in [0.2, 0.25) is 0 Å². The number of aliphatic hydroxyl groups is 1. The number of hydrogen-bond acceptors (Lipinski definition) is 8. The Morgan fingerprint density at radius 3 is 2.41 bits per heavy atom. The van der Waals surface area contributed by atoms with E-state index in [1.807, 2.05) is 25.1 Å². The Morgan fingerprint density at radius 2 is 1.71 bits per heavy atom. The van der Waals surface area contributed by atoms with Gasteiger partial charge in [0.1, 0.15) is 19.0 Å². The van der Waals surface area contributed by atoms with Crippen LogP contribution in [0.25, 0.3) is 5.76 Å². The fourth-order valence-corrected chi connectivity index (χ4v) is 5.21. The highest BCUT2D eigenvalue weighted by Gasteiger charge is 2.46. The molecule has 2 aliphatic rings. The average molecular weight is 567 g/mol. The number of carbonyl (C=O) groups is 2. The van der Waals surface area contributed by atoms with Crippen molar-refractivity contribution in [3.05, 3.63) is 53.1 Å². The fraction of sp³-hybridized carbons (Fsp3) is 0.500. The van der Waals surface area contributed by atoms with Gasteiger partial charge in [0.25, 0.3) is 11.7 Å². The molecular weight excluding hydrogens is 524 g/mol. The number of benzene rings is 2. The van der Waals surface area contributed by atoms with Crippen LogP contribution in [0.15, 0.2) is 42.0 Å². The van der Waals surface area contributed by atoms with Crippen LogP contribution in [0.3, 0.4) is 0 Å². The maximum Gasteiger partial charge on any atom is 0.295 e. The van der Waals surface area contributed by atoms with Crippen molar-refractivity contribution in [1.82, 2.24) is 9.80 Å². The fourth-order valence-electron chi connectivity index (χ4n) is 5.21. The van der Waals surface area contributed by atoms with Gasteiger partial charge in [-0.05, 0) is 62.3 Å². The van der Waals surface area contributed by atoms with Crippen molar-refractivity contribution in [2.45, 2.75) is 53.0 Å². The van der Waals surface area contributed by atoms with Crippen LogP contribution in [0.4, 0.5) is 0 Å². The molecule has 222 valence electrons. The molecule has 1 amide bonds. The molecule has 2 aromatic rings. The Morgan fingerprint density at radius 1 is 0.951 bits per heavy atom. The van der Waals surface area contributed by atoms with Crippen LogP contribution in [-0.4, -0.2) is 79.2 Å². The predicted molar refractivity (Wildman–Crippen MR) is 157 cm³/mol. The van der Waals surface area contributed by atoms with Gasteiger partial charge < -0.3 is 33.9 Å². The minimum atomic E-state index is -0.799. The minimum Gasteiger partial charge on any atom is -0.507 e. The largest absolute Gasteiger partial charge is 0.507 e. The zero-order chi connectivity index (χ0) is 29.4. The van der Waals surface area contributed by atoms with Crippen molar-refractivity contribution in [2.24, 2.45) is 0 Å². The summed E-state index contributed by atoms with van der Waals surface area (Å²) in [4.78, 5) is 30.7. The van der Waals surface area contributed by atoms with E-state index in [1.165, 1.54) is 0 Å². The zero-order valence-electron chi connectivity index (χ0n) is 24.6. The molecule has 1 saturated heterocycles. The quantitative estimate of drug-likeness (QED) is 0.144. The summed E-state index contributed by atoms with van der Waals surface area (Å²) in [6.45, 7) is 12.5. The van der Waals surface area contributed by atoms with Gasteiger partial charge >= 0.3 is 0 Å². The van der Waals surface area contributed by atoms with E-state index in [0.29, 0.717) is 73.6 Å². The molecule has 2 heterocycles. The van der Waals surface area contributed by atoms with Crippen molar-refractivity contribution >= 4 is 17.4 Å². The number of Topliss-reactive ketones (excluding diaryl/α,β-unsaturated/α-hetero) is 1. The third-order valence-electron chi connectivity index (χ3n) is 7.50. The van der Waals surface area contributed by atoms with E-state index in [-0.39, 0.29) is 11.3 Å². The van der Waals surface area contributed by atoms with E-state index < -0.39 is 17.7 Å². The van der Waals surface area contributed by atoms with Crippen LogP contribution in [0.2, 0.25) is 0 Å².